The number of aromatic hydroxyl groups is 1. The van der Waals surface area contributed by atoms with Crippen LogP contribution in [0.2, 0.25) is 0 Å². The van der Waals surface area contributed by atoms with E-state index in [1.807, 2.05) is 6.92 Å². The van der Waals surface area contributed by atoms with Gasteiger partial charge >= 0.3 is 0 Å². The van der Waals surface area contributed by atoms with Gasteiger partial charge in [-0.2, -0.15) is 0 Å². The van der Waals surface area contributed by atoms with E-state index in [9.17, 15) is 9.90 Å². The molecule has 0 saturated heterocycles. The van der Waals surface area contributed by atoms with Crippen LogP contribution >= 0.6 is 22.6 Å². The number of halogens is 1. The molecule has 0 unspecified atom stereocenters. The molecule has 0 atom stereocenters. The van der Waals surface area contributed by atoms with Crippen molar-refractivity contribution < 1.29 is 9.90 Å². The Morgan fingerprint density at radius 3 is 2.50 bits per heavy atom. The van der Waals surface area contributed by atoms with Crippen LogP contribution in [0.5, 0.6) is 5.75 Å². The first-order valence-electron chi connectivity index (χ1n) is 3.52. The number of carbonyl (C=O) groups excluding carboxylic acids is 1. The van der Waals surface area contributed by atoms with Crippen LogP contribution in [0.15, 0.2) is 12.1 Å². The van der Waals surface area contributed by atoms with Crippen molar-refractivity contribution in [2.75, 3.05) is 0 Å². The van der Waals surface area contributed by atoms with E-state index >= 15 is 0 Å². The Bertz CT molecular complexity index is 308. The second-order valence-electron chi connectivity index (χ2n) is 2.66. The third-order valence-electron chi connectivity index (χ3n) is 1.72. The fourth-order valence-corrected chi connectivity index (χ4v) is 1.48. The summed E-state index contributed by atoms with van der Waals surface area (Å²) >= 11 is 2.10. The standard InChI is InChI=1S/C9H9IO2/c1-5-8(10)3-7(6(2)11)4-9(5)12/h3-4,12H,1-2H3. The third-order valence-corrected chi connectivity index (χ3v) is 2.84. The maximum Gasteiger partial charge on any atom is 0.159 e. The quantitative estimate of drug-likeness (QED) is 0.632. The molecular formula is C9H9IO2. The highest BCUT2D eigenvalue weighted by atomic mass is 127. The molecule has 0 fully saturated rings. The largest absolute Gasteiger partial charge is 0.508 e. The Labute approximate surface area is 84.7 Å². The SMILES string of the molecule is CC(=O)c1cc(O)c(C)c(I)c1. The van der Waals surface area contributed by atoms with Gasteiger partial charge in [-0.1, -0.05) is 0 Å². The lowest BCUT2D eigenvalue weighted by Crippen LogP contribution is -1.94. The topological polar surface area (TPSA) is 37.3 Å². The Hall–Kier alpha value is -0.580. The predicted molar refractivity (Wildman–Crippen MR) is 55.6 cm³/mol. The van der Waals surface area contributed by atoms with E-state index in [0.717, 1.165) is 9.13 Å². The minimum absolute atomic E-state index is 0.0248. The molecule has 0 aliphatic heterocycles. The van der Waals surface area contributed by atoms with Gasteiger partial charge in [-0.25, -0.2) is 0 Å². The summed E-state index contributed by atoms with van der Waals surface area (Å²) in [6.45, 7) is 3.31. The van der Waals surface area contributed by atoms with E-state index in [2.05, 4.69) is 22.6 Å². The van der Waals surface area contributed by atoms with Crippen LogP contribution in [-0.2, 0) is 0 Å². The first-order chi connectivity index (χ1) is 5.52. The summed E-state index contributed by atoms with van der Waals surface area (Å²) < 4.78 is 0.915. The van der Waals surface area contributed by atoms with Crippen molar-refractivity contribution in [3.05, 3.63) is 26.8 Å². The van der Waals surface area contributed by atoms with Crippen LogP contribution in [0, 0.1) is 10.5 Å². The highest BCUT2D eigenvalue weighted by Gasteiger charge is 2.06. The van der Waals surface area contributed by atoms with Gasteiger partial charge in [-0.05, 0) is 48.6 Å². The van der Waals surface area contributed by atoms with Gasteiger partial charge < -0.3 is 5.11 Å². The zero-order valence-corrected chi connectivity index (χ0v) is 9.05. The Morgan fingerprint density at radius 1 is 1.50 bits per heavy atom. The molecule has 1 aromatic rings. The van der Waals surface area contributed by atoms with Crippen molar-refractivity contribution in [2.24, 2.45) is 0 Å². The number of Topliss-reactive ketones (excluding diaryl/α,β-unsaturated/α-hetero) is 1. The summed E-state index contributed by atoms with van der Waals surface area (Å²) in [5, 5.41) is 9.37. The van der Waals surface area contributed by atoms with E-state index < -0.39 is 0 Å². The van der Waals surface area contributed by atoms with Crippen molar-refractivity contribution in [3.8, 4) is 5.75 Å². The summed E-state index contributed by atoms with van der Waals surface area (Å²) in [7, 11) is 0. The van der Waals surface area contributed by atoms with Crippen LogP contribution in [0.3, 0.4) is 0 Å². The van der Waals surface area contributed by atoms with Crippen molar-refractivity contribution >= 4 is 28.4 Å². The molecule has 12 heavy (non-hydrogen) atoms. The van der Waals surface area contributed by atoms with E-state index in [4.69, 9.17) is 0 Å². The van der Waals surface area contributed by atoms with Crippen LogP contribution in [0.4, 0.5) is 0 Å². The predicted octanol–water partition coefficient (Wildman–Crippen LogP) is 2.51. The maximum atomic E-state index is 10.9. The summed E-state index contributed by atoms with van der Waals surface area (Å²) in [5.74, 6) is 0.162. The molecule has 1 rings (SSSR count). The average molecular weight is 276 g/mol. The van der Waals surface area contributed by atoms with Crippen molar-refractivity contribution in [3.63, 3.8) is 0 Å². The van der Waals surface area contributed by atoms with Gasteiger partial charge in [0, 0.05) is 14.7 Å². The number of phenolic OH excluding ortho intramolecular Hbond substituents is 1. The number of ketones is 1. The Balaban J connectivity index is 3.31. The molecular weight excluding hydrogens is 267 g/mol. The molecule has 0 heterocycles. The molecule has 0 spiro atoms. The molecule has 0 aromatic heterocycles. The molecule has 0 amide bonds. The summed E-state index contributed by atoms with van der Waals surface area (Å²) in [6, 6.07) is 3.28. The normalized spacial score (nSPS) is 9.92. The number of hydrogen-bond acceptors (Lipinski definition) is 2. The Morgan fingerprint density at radius 2 is 2.08 bits per heavy atom. The monoisotopic (exact) mass is 276 g/mol. The van der Waals surface area contributed by atoms with E-state index in [0.29, 0.717) is 5.56 Å². The molecule has 3 heteroatoms. The maximum absolute atomic E-state index is 10.9. The Kier molecular flexibility index (Phi) is 2.72. The molecule has 0 aliphatic rings. The van der Waals surface area contributed by atoms with Gasteiger partial charge in [0.2, 0.25) is 0 Å². The average Bonchev–Trinajstić information content (AvgIpc) is 1.99. The zero-order valence-electron chi connectivity index (χ0n) is 6.89. The van der Waals surface area contributed by atoms with Crippen molar-refractivity contribution in [2.45, 2.75) is 13.8 Å². The summed E-state index contributed by atoms with van der Waals surface area (Å²) in [6.07, 6.45) is 0. The highest BCUT2D eigenvalue weighted by Crippen LogP contribution is 2.23. The third kappa shape index (κ3) is 1.77. The fourth-order valence-electron chi connectivity index (χ4n) is 0.868. The van der Waals surface area contributed by atoms with Gasteiger partial charge in [-0.15, -0.1) is 0 Å². The smallest absolute Gasteiger partial charge is 0.159 e. The first kappa shape index (κ1) is 9.51. The number of carbonyl (C=O) groups is 1. The van der Waals surface area contributed by atoms with Gasteiger partial charge in [0.1, 0.15) is 5.75 Å². The molecule has 0 aliphatic carbocycles. The second kappa shape index (κ2) is 3.43. The molecule has 2 nitrogen and oxygen atoms in total. The molecule has 1 aromatic carbocycles. The van der Waals surface area contributed by atoms with Crippen LogP contribution in [-0.4, -0.2) is 10.9 Å². The van der Waals surface area contributed by atoms with Crippen molar-refractivity contribution in [1.29, 1.82) is 0 Å². The minimum atomic E-state index is -0.0248. The van der Waals surface area contributed by atoms with Crippen LogP contribution in [0.25, 0.3) is 0 Å². The van der Waals surface area contributed by atoms with E-state index in [-0.39, 0.29) is 11.5 Å². The number of hydrogen-bond donors (Lipinski definition) is 1. The van der Waals surface area contributed by atoms with Gasteiger partial charge in [0.15, 0.2) is 5.78 Å². The van der Waals surface area contributed by atoms with Gasteiger partial charge in [0.25, 0.3) is 0 Å². The summed E-state index contributed by atoms with van der Waals surface area (Å²) in [4.78, 5) is 10.9. The molecule has 64 valence electrons. The number of rotatable bonds is 1. The number of benzene rings is 1. The summed E-state index contributed by atoms with van der Waals surface area (Å²) in [5.41, 5.74) is 1.38. The lowest BCUT2D eigenvalue weighted by molar-refractivity contribution is 0.101. The highest BCUT2D eigenvalue weighted by molar-refractivity contribution is 14.1. The molecule has 0 saturated carbocycles. The molecule has 0 bridgehead atoms. The minimum Gasteiger partial charge on any atom is -0.508 e. The lowest BCUT2D eigenvalue weighted by atomic mass is 10.1. The van der Waals surface area contributed by atoms with Crippen LogP contribution < -0.4 is 0 Å². The van der Waals surface area contributed by atoms with Crippen molar-refractivity contribution in [1.82, 2.24) is 0 Å². The van der Waals surface area contributed by atoms with Gasteiger partial charge in [0.05, 0.1) is 0 Å². The number of phenols is 1. The fraction of sp³-hybridized carbons (Fsp3) is 0.222. The van der Waals surface area contributed by atoms with Gasteiger partial charge in [-0.3, -0.25) is 4.79 Å². The first-order valence-corrected chi connectivity index (χ1v) is 4.60. The second-order valence-corrected chi connectivity index (χ2v) is 3.82. The lowest BCUT2D eigenvalue weighted by Gasteiger charge is -2.03. The zero-order chi connectivity index (χ0) is 9.30. The van der Waals surface area contributed by atoms with E-state index in [1.54, 1.807) is 6.07 Å². The van der Waals surface area contributed by atoms with E-state index in [1.165, 1.54) is 13.0 Å². The molecule has 0 radical (unpaired) electrons. The van der Waals surface area contributed by atoms with Crippen LogP contribution in [0.1, 0.15) is 22.8 Å². The molecule has 1 N–H and O–H groups in total.